The minimum atomic E-state index is -0.126. The number of para-hydroxylation sites is 1. The fourth-order valence-corrected chi connectivity index (χ4v) is 3.27. The number of aromatic nitrogens is 3. The molecule has 0 spiro atoms. The minimum absolute atomic E-state index is 0.0813. The average Bonchev–Trinajstić information content (AvgIpc) is 3.28. The molecule has 0 radical (unpaired) electrons. The third-order valence-corrected chi connectivity index (χ3v) is 4.62. The van der Waals surface area contributed by atoms with Crippen LogP contribution in [-0.4, -0.2) is 58.6 Å². The van der Waals surface area contributed by atoms with Gasteiger partial charge in [-0.25, -0.2) is 9.97 Å². The molecule has 0 unspecified atom stereocenters. The summed E-state index contributed by atoms with van der Waals surface area (Å²) in [4.78, 5) is 23.4. The summed E-state index contributed by atoms with van der Waals surface area (Å²) in [7, 11) is 3.24. The molecule has 4 rings (SSSR count). The zero-order valence-corrected chi connectivity index (χ0v) is 14.1. The number of carbonyl (C=O) groups is 1. The van der Waals surface area contributed by atoms with Crippen LogP contribution in [-0.2, 0) is 4.74 Å². The predicted octanol–water partition coefficient (Wildman–Crippen LogP) is 1.33. The average molecular weight is 341 g/mol. The van der Waals surface area contributed by atoms with Crippen LogP contribution in [0.2, 0.25) is 0 Å². The SMILES string of the molecule is COc1cccc2c1nc(N)n1cc(C(=O)N3CC[C@@H](OC)C3)nc21. The first-order chi connectivity index (χ1) is 12.1. The molecule has 1 fully saturated rings. The summed E-state index contributed by atoms with van der Waals surface area (Å²) in [6.45, 7) is 1.24. The number of hydrogen-bond acceptors (Lipinski definition) is 6. The van der Waals surface area contributed by atoms with E-state index in [9.17, 15) is 4.79 Å². The van der Waals surface area contributed by atoms with Crippen molar-refractivity contribution in [2.75, 3.05) is 33.0 Å². The zero-order chi connectivity index (χ0) is 17.6. The fraction of sp³-hybridized carbons (Fsp3) is 0.353. The fourth-order valence-electron chi connectivity index (χ4n) is 3.27. The number of hydrogen-bond donors (Lipinski definition) is 1. The number of likely N-dealkylation sites (tertiary alicyclic amines) is 1. The summed E-state index contributed by atoms with van der Waals surface area (Å²) in [6, 6.07) is 5.56. The molecule has 1 amide bonds. The topological polar surface area (TPSA) is 95.0 Å². The molecule has 130 valence electrons. The maximum atomic E-state index is 12.8. The van der Waals surface area contributed by atoms with Crippen molar-refractivity contribution in [2.45, 2.75) is 12.5 Å². The second-order valence-corrected chi connectivity index (χ2v) is 6.04. The van der Waals surface area contributed by atoms with E-state index in [1.807, 2.05) is 18.2 Å². The Morgan fingerprint density at radius 1 is 1.32 bits per heavy atom. The third-order valence-electron chi connectivity index (χ3n) is 4.62. The van der Waals surface area contributed by atoms with Crippen LogP contribution in [0.15, 0.2) is 24.4 Å². The van der Waals surface area contributed by atoms with Gasteiger partial charge in [0, 0.05) is 31.8 Å². The standard InChI is InChI=1S/C17H19N5O3/c1-24-10-6-7-21(8-10)16(23)12-9-22-15(19-12)11-4-3-5-13(25-2)14(11)20-17(22)18/h3-5,9-10H,6-8H2,1-2H3,(H2,18,20)/t10-/m1/s1. The van der Waals surface area contributed by atoms with E-state index in [1.54, 1.807) is 29.7 Å². The highest BCUT2D eigenvalue weighted by Gasteiger charge is 2.28. The van der Waals surface area contributed by atoms with E-state index in [4.69, 9.17) is 15.2 Å². The van der Waals surface area contributed by atoms with Gasteiger partial charge in [0.25, 0.3) is 5.91 Å². The lowest BCUT2D eigenvalue weighted by molar-refractivity contribution is 0.0719. The molecule has 8 heteroatoms. The lowest BCUT2D eigenvalue weighted by atomic mass is 10.2. The Hall–Kier alpha value is -2.87. The minimum Gasteiger partial charge on any atom is -0.494 e. The molecule has 1 aliphatic rings. The number of ether oxygens (including phenoxy) is 2. The van der Waals surface area contributed by atoms with Crippen LogP contribution in [0.3, 0.4) is 0 Å². The predicted molar refractivity (Wildman–Crippen MR) is 92.8 cm³/mol. The number of methoxy groups -OCH3 is 2. The summed E-state index contributed by atoms with van der Waals surface area (Å²) in [5, 5.41) is 0.781. The van der Waals surface area contributed by atoms with Crippen LogP contribution >= 0.6 is 0 Å². The highest BCUT2D eigenvalue weighted by atomic mass is 16.5. The van der Waals surface area contributed by atoms with Gasteiger partial charge in [-0.2, -0.15) is 0 Å². The van der Waals surface area contributed by atoms with E-state index in [2.05, 4.69) is 9.97 Å². The Labute approximate surface area is 144 Å². The summed E-state index contributed by atoms with van der Waals surface area (Å²) < 4.78 is 12.3. The summed E-state index contributed by atoms with van der Waals surface area (Å²) in [5.41, 5.74) is 7.63. The third kappa shape index (κ3) is 2.45. The van der Waals surface area contributed by atoms with Crippen molar-refractivity contribution in [3.05, 3.63) is 30.1 Å². The van der Waals surface area contributed by atoms with Crippen molar-refractivity contribution in [3.8, 4) is 5.75 Å². The van der Waals surface area contributed by atoms with E-state index in [1.165, 1.54) is 0 Å². The molecule has 1 aromatic carbocycles. The normalized spacial score (nSPS) is 17.5. The van der Waals surface area contributed by atoms with Crippen molar-refractivity contribution in [3.63, 3.8) is 0 Å². The molecule has 3 heterocycles. The van der Waals surface area contributed by atoms with Gasteiger partial charge in [-0.1, -0.05) is 6.07 Å². The van der Waals surface area contributed by atoms with Gasteiger partial charge >= 0.3 is 0 Å². The van der Waals surface area contributed by atoms with Crippen LogP contribution in [0.4, 0.5) is 5.95 Å². The lowest BCUT2D eigenvalue weighted by Crippen LogP contribution is -2.30. The Balaban J connectivity index is 1.81. The van der Waals surface area contributed by atoms with Crippen molar-refractivity contribution in [1.29, 1.82) is 0 Å². The van der Waals surface area contributed by atoms with E-state index in [0.29, 0.717) is 35.7 Å². The van der Waals surface area contributed by atoms with Crippen LogP contribution in [0, 0.1) is 0 Å². The smallest absolute Gasteiger partial charge is 0.274 e. The molecule has 0 saturated carbocycles. The number of nitrogens with two attached hydrogens (primary N) is 1. The maximum absolute atomic E-state index is 12.8. The van der Waals surface area contributed by atoms with Gasteiger partial charge < -0.3 is 20.1 Å². The van der Waals surface area contributed by atoms with Gasteiger partial charge in [0.05, 0.1) is 13.2 Å². The van der Waals surface area contributed by atoms with Crippen LogP contribution in [0.25, 0.3) is 16.6 Å². The van der Waals surface area contributed by atoms with Gasteiger partial charge in [-0.3, -0.25) is 9.20 Å². The molecular weight excluding hydrogens is 322 g/mol. The Morgan fingerprint density at radius 3 is 2.88 bits per heavy atom. The molecule has 1 saturated heterocycles. The van der Waals surface area contributed by atoms with Crippen molar-refractivity contribution >= 4 is 28.4 Å². The summed E-state index contributed by atoms with van der Waals surface area (Å²) in [6.07, 6.45) is 2.55. The molecule has 1 atom stereocenters. The second-order valence-electron chi connectivity index (χ2n) is 6.04. The first kappa shape index (κ1) is 15.6. The number of rotatable bonds is 3. The number of nitrogen functional groups attached to an aromatic ring is 1. The Bertz CT molecular complexity index is 968. The molecule has 3 aromatic rings. The van der Waals surface area contributed by atoms with E-state index >= 15 is 0 Å². The van der Waals surface area contributed by atoms with Crippen molar-refractivity contribution in [2.24, 2.45) is 0 Å². The van der Waals surface area contributed by atoms with Gasteiger partial charge in [0.1, 0.15) is 22.6 Å². The number of fused-ring (bicyclic) bond motifs is 3. The molecule has 1 aliphatic heterocycles. The van der Waals surface area contributed by atoms with Gasteiger partial charge in [0.15, 0.2) is 0 Å². The van der Waals surface area contributed by atoms with Gasteiger partial charge in [0.2, 0.25) is 5.95 Å². The number of imidazole rings is 1. The molecule has 25 heavy (non-hydrogen) atoms. The lowest BCUT2D eigenvalue weighted by Gasteiger charge is -2.14. The molecule has 2 N–H and O–H groups in total. The number of anilines is 1. The van der Waals surface area contributed by atoms with Crippen molar-refractivity contribution in [1.82, 2.24) is 19.3 Å². The van der Waals surface area contributed by atoms with Gasteiger partial charge in [-0.05, 0) is 18.6 Å². The quantitative estimate of drug-likeness (QED) is 0.772. The molecule has 0 bridgehead atoms. The summed E-state index contributed by atoms with van der Waals surface area (Å²) in [5.74, 6) is 0.749. The van der Waals surface area contributed by atoms with E-state index < -0.39 is 0 Å². The molecule has 0 aliphatic carbocycles. The van der Waals surface area contributed by atoms with Gasteiger partial charge in [-0.15, -0.1) is 0 Å². The number of carbonyl (C=O) groups excluding carboxylic acids is 1. The highest BCUT2D eigenvalue weighted by Crippen LogP contribution is 2.28. The molecular formula is C17H19N5O3. The van der Waals surface area contributed by atoms with Crippen molar-refractivity contribution < 1.29 is 14.3 Å². The monoisotopic (exact) mass is 341 g/mol. The van der Waals surface area contributed by atoms with Crippen LogP contribution in [0.1, 0.15) is 16.9 Å². The molecule has 2 aromatic heterocycles. The maximum Gasteiger partial charge on any atom is 0.274 e. The first-order valence-electron chi connectivity index (χ1n) is 8.05. The van der Waals surface area contributed by atoms with E-state index in [-0.39, 0.29) is 18.0 Å². The first-order valence-corrected chi connectivity index (χ1v) is 8.05. The highest BCUT2D eigenvalue weighted by molar-refractivity contribution is 5.99. The Morgan fingerprint density at radius 2 is 2.16 bits per heavy atom. The summed E-state index contributed by atoms with van der Waals surface area (Å²) >= 11 is 0. The largest absolute Gasteiger partial charge is 0.494 e. The van der Waals surface area contributed by atoms with Crippen LogP contribution in [0.5, 0.6) is 5.75 Å². The number of benzene rings is 1. The second kappa shape index (κ2) is 5.89. The van der Waals surface area contributed by atoms with E-state index in [0.717, 1.165) is 11.8 Å². The zero-order valence-electron chi connectivity index (χ0n) is 14.1. The number of amides is 1. The number of nitrogens with zero attached hydrogens (tertiary/aromatic N) is 4. The Kier molecular flexibility index (Phi) is 3.69. The molecule has 8 nitrogen and oxygen atoms in total. The van der Waals surface area contributed by atoms with Crippen LogP contribution < -0.4 is 10.5 Å².